The van der Waals surface area contributed by atoms with Gasteiger partial charge in [-0.3, -0.25) is 9.78 Å². The van der Waals surface area contributed by atoms with Crippen LogP contribution in [-0.4, -0.2) is 58.1 Å². The smallest absolute Gasteiger partial charge is 0.258 e. The Bertz CT molecular complexity index is 658. The number of rotatable bonds is 5. The second kappa shape index (κ2) is 6.78. The van der Waals surface area contributed by atoms with Gasteiger partial charge in [-0.15, -0.1) is 0 Å². The van der Waals surface area contributed by atoms with E-state index >= 15 is 0 Å². The lowest BCUT2D eigenvalue weighted by Gasteiger charge is -2.20. The highest BCUT2D eigenvalue weighted by Gasteiger charge is 2.34. The highest BCUT2D eigenvalue weighted by Crippen LogP contribution is 2.26. The second-order valence-electron chi connectivity index (χ2n) is 5.91. The van der Waals surface area contributed by atoms with E-state index in [0.717, 1.165) is 18.8 Å². The lowest BCUT2D eigenvalue weighted by atomic mass is 10.00. The number of hydrogen-bond acceptors (Lipinski definition) is 5. The SMILES string of the molecule is CN1C[C@@H](NC(=O)COc2cccnc2)[C@H](c2cncn2C)C1. The van der Waals surface area contributed by atoms with Crippen molar-refractivity contribution in [2.24, 2.45) is 7.05 Å². The summed E-state index contributed by atoms with van der Waals surface area (Å²) >= 11 is 0. The molecule has 2 aromatic heterocycles. The lowest BCUT2D eigenvalue weighted by Crippen LogP contribution is -2.42. The van der Waals surface area contributed by atoms with E-state index in [1.165, 1.54) is 0 Å². The van der Waals surface area contributed by atoms with Crippen LogP contribution in [0.3, 0.4) is 0 Å². The molecule has 0 unspecified atom stereocenters. The molecule has 3 rings (SSSR count). The zero-order valence-corrected chi connectivity index (χ0v) is 13.3. The highest BCUT2D eigenvalue weighted by molar-refractivity contribution is 5.78. The number of likely N-dealkylation sites (N-methyl/N-ethyl adjacent to an activating group) is 1. The van der Waals surface area contributed by atoms with Crippen molar-refractivity contribution < 1.29 is 9.53 Å². The van der Waals surface area contributed by atoms with Crippen LogP contribution < -0.4 is 10.1 Å². The van der Waals surface area contributed by atoms with Gasteiger partial charge in [-0.25, -0.2) is 4.98 Å². The third-order valence-electron chi connectivity index (χ3n) is 4.09. The first-order valence-electron chi connectivity index (χ1n) is 7.60. The number of aryl methyl sites for hydroxylation is 1. The van der Waals surface area contributed by atoms with Crippen LogP contribution in [-0.2, 0) is 11.8 Å². The maximum Gasteiger partial charge on any atom is 0.258 e. The van der Waals surface area contributed by atoms with Gasteiger partial charge in [0.2, 0.25) is 0 Å². The maximum atomic E-state index is 12.2. The summed E-state index contributed by atoms with van der Waals surface area (Å²) in [7, 11) is 4.03. The quantitative estimate of drug-likeness (QED) is 0.865. The van der Waals surface area contributed by atoms with Gasteiger partial charge in [0.1, 0.15) is 5.75 Å². The fourth-order valence-electron chi connectivity index (χ4n) is 3.00. The molecule has 2 aromatic rings. The Balaban J connectivity index is 1.59. The minimum absolute atomic E-state index is 0.00991. The van der Waals surface area contributed by atoms with Gasteiger partial charge in [0.25, 0.3) is 5.91 Å². The van der Waals surface area contributed by atoms with Gasteiger partial charge in [0.15, 0.2) is 6.61 Å². The summed E-state index contributed by atoms with van der Waals surface area (Å²) in [5.41, 5.74) is 1.13. The fourth-order valence-corrected chi connectivity index (χ4v) is 3.00. The van der Waals surface area contributed by atoms with Gasteiger partial charge in [0, 0.05) is 44.1 Å². The van der Waals surface area contributed by atoms with Crippen molar-refractivity contribution in [2.45, 2.75) is 12.0 Å². The first-order chi connectivity index (χ1) is 11.1. The molecule has 122 valence electrons. The van der Waals surface area contributed by atoms with Crippen LogP contribution >= 0.6 is 0 Å². The Morgan fingerprint density at radius 2 is 2.22 bits per heavy atom. The van der Waals surface area contributed by atoms with Crippen LogP contribution in [0.5, 0.6) is 5.75 Å². The van der Waals surface area contributed by atoms with Crippen molar-refractivity contribution >= 4 is 5.91 Å². The number of carbonyl (C=O) groups is 1. The number of aromatic nitrogens is 3. The van der Waals surface area contributed by atoms with Gasteiger partial charge in [0.05, 0.1) is 18.6 Å². The molecule has 23 heavy (non-hydrogen) atoms. The van der Waals surface area contributed by atoms with E-state index in [2.05, 4.69) is 27.2 Å². The molecule has 0 aromatic carbocycles. The molecular weight excluding hydrogens is 294 g/mol. The first kappa shape index (κ1) is 15.5. The number of nitrogens with one attached hydrogen (secondary N) is 1. The van der Waals surface area contributed by atoms with Crippen molar-refractivity contribution in [3.63, 3.8) is 0 Å². The number of likely N-dealkylation sites (tertiary alicyclic amines) is 1. The van der Waals surface area contributed by atoms with Crippen LogP contribution in [0.4, 0.5) is 0 Å². The topological polar surface area (TPSA) is 72.3 Å². The first-order valence-corrected chi connectivity index (χ1v) is 7.60. The Morgan fingerprint density at radius 3 is 2.91 bits per heavy atom. The average Bonchev–Trinajstić information content (AvgIpc) is 3.11. The third kappa shape index (κ3) is 3.68. The van der Waals surface area contributed by atoms with Gasteiger partial charge in [-0.05, 0) is 19.2 Å². The number of carbonyl (C=O) groups excluding carboxylic acids is 1. The molecular formula is C16H21N5O2. The predicted molar refractivity (Wildman–Crippen MR) is 85.1 cm³/mol. The lowest BCUT2D eigenvalue weighted by molar-refractivity contribution is -0.123. The maximum absolute atomic E-state index is 12.2. The Labute approximate surface area is 135 Å². The molecule has 0 spiro atoms. The summed E-state index contributed by atoms with van der Waals surface area (Å²) in [6.45, 7) is 1.70. The predicted octanol–water partition coefficient (Wildman–Crippen LogP) is 0.408. The van der Waals surface area contributed by atoms with Crippen molar-refractivity contribution in [1.82, 2.24) is 24.8 Å². The van der Waals surface area contributed by atoms with Gasteiger partial charge < -0.3 is 19.5 Å². The van der Waals surface area contributed by atoms with E-state index in [4.69, 9.17) is 4.74 Å². The summed E-state index contributed by atoms with van der Waals surface area (Å²) < 4.78 is 7.46. The Morgan fingerprint density at radius 1 is 1.35 bits per heavy atom. The number of amides is 1. The van der Waals surface area contributed by atoms with Gasteiger partial charge in [-0.1, -0.05) is 0 Å². The van der Waals surface area contributed by atoms with E-state index in [1.54, 1.807) is 30.9 Å². The molecule has 1 amide bonds. The summed E-state index contributed by atoms with van der Waals surface area (Å²) in [6.07, 6.45) is 6.92. The van der Waals surface area contributed by atoms with E-state index < -0.39 is 0 Å². The van der Waals surface area contributed by atoms with Crippen molar-refractivity contribution in [3.05, 3.63) is 42.7 Å². The highest BCUT2D eigenvalue weighted by atomic mass is 16.5. The van der Waals surface area contributed by atoms with Crippen LogP contribution in [0.25, 0.3) is 0 Å². The normalized spacial score (nSPS) is 21.3. The van der Waals surface area contributed by atoms with E-state index in [-0.39, 0.29) is 24.5 Å². The van der Waals surface area contributed by atoms with E-state index in [0.29, 0.717) is 5.75 Å². The monoisotopic (exact) mass is 315 g/mol. The standard InChI is InChI=1S/C16H21N5O2/c1-20-8-13(15-7-18-11-21(15)2)14(9-20)19-16(22)10-23-12-4-3-5-17-6-12/h3-7,11,13-14H,8-10H2,1-2H3,(H,19,22)/t13-,14-/m1/s1. The number of pyridine rings is 1. The van der Waals surface area contributed by atoms with Crippen LogP contribution in [0, 0.1) is 0 Å². The average molecular weight is 315 g/mol. The van der Waals surface area contributed by atoms with E-state index in [9.17, 15) is 4.79 Å². The molecule has 0 aliphatic carbocycles. The second-order valence-corrected chi connectivity index (χ2v) is 5.91. The van der Waals surface area contributed by atoms with Crippen LogP contribution in [0.1, 0.15) is 11.6 Å². The molecule has 1 saturated heterocycles. The number of imidazole rings is 1. The van der Waals surface area contributed by atoms with E-state index in [1.807, 2.05) is 17.8 Å². The molecule has 1 N–H and O–H groups in total. The van der Waals surface area contributed by atoms with Crippen molar-refractivity contribution in [2.75, 3.05) is 26.7 Å². The summed E-state index contributed by atoms with van der Waals surface area (Å²) in [5.74, 6) is 0.700. The molecule has 2 atom stereocenters. The van der Waals surface area contributed by atoms with Crippen molar-refractivity contribution in [3.8, 4) is 5.75 Å². The van der Waals surface area contributed by atoms with Crippen LogP contribution in [0.2, 0.25) is 0 Å². The number of ether oxygens (including phenoxy) is 1. The zero-order chi connectivity index (χ0) is 16.2. The Kier molecular flexibility index (Phi) is 4.57. The van der Waals surface area contributed by atoms with Crippen molar-refractivity contribution in [1.29, 1.82) is 0 Å². The van der Waals surface area contributed by atoms with Gasteiger partial charge in [-0.2, -0.15) is 0 Å². The van der Waals surface area contributed by atoms with Gasteiger partial charge >= 0.3 is 0 Å². The summed E-state index contributed by atoms with van der Waals surface area (Å²) in [6, 6.07) is 3.61. The van der Waals surface area contributed by atoms with Crippen LogP contribution in [0.15, 0.2) is 37.1 Å². The summed E-state index contributed by atoms with van der Waals surface area (Å²) in [5, 5.41) is 3.08. The molecule has 3 heterocycles. The largest absolute Gasteiger partial charge is 0.482 e. The summed E-state index contributed by atoms with van der Waals surface area (Å²) in [4.78, 5) is 22.5. The molecule has 1 aliphatic rings. The molecule has 0 saturated carbocycles. The molecule has 7 heteroatoms. The molecule has 1 fully saturated rings. The molecule has 0 bridgehead atoms. The minimum Gasteiger partial charge on any atom is -0.482 e. The zero-order valence-electron chi connectivity index (χ0n) is 13.3. The number of hydrogen-bond donors (Lipinski definition) is 1. The third-order valence-corrected chi connectivity index (χ3v) is 4.09. The fraction of sp³-hybridized carbons (Fsp3) is 0.438. The minimum atomic E-state index is -0.124. The molecule has 0 radical (unpaired) electrons. The Hall–Kier alpha value is -2.41. The number of nitrogens with zero attached hydrogens (tertiary/aromatic N) is 4. The molecule has 1 aliphatic heterocycles. The molecule has 7 nitrogen and oxygen atoms in total.